The first-order chi connectivity index (χ1) is 15.6. The molecule has 1 amide bonds. The van der Waals surface area contributed by atoms with Crippen LogP contribution in [0, 0.1) is 18.3 Å². The van der Waals surface area contributed by atoms with Gasteiger partial charge in [-0.3, -0.25) is 4.79 Å². The van der Waals surface area contributed by atoms with E-state index in [0.717, 1.165) is 21.8 Å². The van der Waals surface area contributed by atoms with E-state index in [4.69, 9.17) is 4.42 Å². The fourth-order valence-electron chi connectivity index (χ4n) is 3.70. The van der Waals surface area contributed by atoms with Crippen molar-refractivity contribution in [1.29, 1.82) is 5.26 Å². The smallest absolute Gasteiger partial charge is 0.254 e. The van der Waals surface area contributed by atoms with Crippen LogP contribution in [-0.4, -0.2) is 5.91 Å². The molecule has 1 aromatic heterocycles. The number of benzene rings is 2. The van der Waals surface area contributed by atoms with E-state index in [1.807, 2.05) is 56.3 Å². The number of aryl methyl sites for hydroxylation is 1. The number of anilines is 1. The van der Waals surface area contributed by atoms with Crippen LogP contribution < -0.4 is 10.6 Å². The number of nitrogens with one attached hydrogen (secondary N) is 2. The van der Waals surface area contributed by atoms with Crippen molar-refractivity contribution in [2.45, 2.75) is 25.5 Å². The molecule has 1 unspecified atom stereocenters. The van der Waals surface area contributed by atoms with Crippen LogP contribution in [0.4, 0.5) is 5.69 Å². The summed E-state index contributed by atoms with van der Waals surface area (Å²) in [6.45, 7) is 3.80. The van der Waals surface area contributed by atoms with Crippen molar-refractivity contribution in [3.05, 3.63) is 112 Å². The molecule has 0 bridgehead atoms. The SMILES string of the molecule is CC1=C(C(=O)Nc2ccccc2C)C(c2ccco2)C(C#N)=C(SCc2ccccc2)N1. The lowest BCUT2D eigenvalue weighted by Crippen LogP contribution is -2.30. The van der Waals surface area contributed by atoms with Crippen molar-refractivity contribution in [2.24, 2.45) is 0 Å². The van der Waals surface area contributed by atoms with Crippen molar-refractivity contribution in [2.75, 3.05) is 5.32 Å². The Balaban J connectivity index is 1.69. The fraction of sp³-hybridized carbons (Fsp3) is 0.154. The molecule has 160 valence electrons. The molecule has 2 aromatic carbocycles. The van der Waals surface area contributed by atoms with E-state index in [-0.39, 0.29) is 5.91 Å². The second-order valence-corrected chi connectivity index (χ2v) is 8.50. The van der Waals surface area contributed by atoms with Crippen molar-refractivity contribution in [3.8, 4) is 6.07 Å². The molecule has 2 N–H and O–H groups in total. The third-order valence-corrected chi connectivity index (χ3v) is 6.43. The maximum absolute atomic E-state index is 13.4. The maximum Gasteiger partial charge on any atom is 0.254 e. The molecule has 0 spiro atoms. The number of thioether (sulfide) groups is 1. The molecule has 0 saturated heterocycles. The number of hydrogen-bond donors (Lipinski definition) is 2. The number of para-hydroxylation sites is 1. The van der Waals surface area contributed by atoms with E-state index in [2.05, 4.69) is 28.8 Å². The van der Waals surface area contributed by atoms with E-state index in [0.29, 0.717) is 28.4 Å². The van der Waals surface area contributed by atoms with Crippen LogP contribution in [0.1, 0.15) is 29.7 Å². The van der Waals surface area contributed by atoms with Crippen LogP contribution in [0.5, 0.6) is 0 Å². The average Bonchev–Trinajstić information content (AvgIpc) is 3.34. The average molecular weight is 442 g/mol. The largest absolute Gasteiger partial charge is 0.468 e. The zero-order valence-corrected chi connectivity index (χ0v) is 18.7. The molecule has 4 rings (SSSR count). The molecule has 2 heterocycles. The lowest BCUT2D eigenvalue weighted by molar-refractivity contribution is -0.113. The number of nitrogens with zero attached hydrogens (tertiary/aromatic N) is 1. The van der Waals surface area contributed by atoms with E-state index >= 15 is 0 Å². The maximum atomic E-state index is 13.4. The van der Waals surface area contributed by atoms with Gasteiger partial charge < -0.3 is 15.1 Å². The third-order valence-electron chi connectivity index (χ3n) is 5.34. The Morgan fingerprint density at radius 1 is 1.09 bits per heavy atom. The predicted molar refractivity (Wildman–Crippen MR) is 127 cm³/mol. The van der Waals surface area contributed by atoms with E-state index in [9.17, 15) is 10.1 Å². The van der Waals surface area contributed by atoms with Crippen LogP contribution in [0.3, 0.4) is 0 Å². The Kier molecular flexibility index (Phi) is 6.48. The van der Waals surface area contributed by atoms with Gasteiger partial charge in [0.2, 0.25) is 0 Å². The second-order valence-electron chi connectivity index (χ2n) is 7.51. The second kappa shape index (κ2) is 9.63. The highest BCUT2D eigenvalue weighted by Crippen LogP contribution is 2.41. The van der Waals surface area contributed by atoms with Gasteiger partial charge in [-0.15, -0.1) is 11.8 Å². The van der Waals surface area contributed by atoms with Crippen LogP contribution in [0.25, 0.3) is 0 Å². The summed E-state index contributed by atoms with van der Waals surface area (Å²) >= 11 is 1.55. The first-order valence-corrected chi connectivity index (χ1v) is 11.3. The number of allylic oxidation sites excluding steroid dienone is 2. The molecule has 3 aromatic rings. The summed E-state index contributed by atoms with van der Waals surface area (Å²) in [5.74, 6) is 0.427. The van der Waals surface area contributed by atoms with Gasteiger partial charge in [0, 0.05) is 17.1 Å². The number of furan rings is 1. The molecule has 1 aliphatic heterocycles. The lowest BCUT2D eigenvalue weighted by atomic mass is 9.85. The molecule has 1 aliphatic rings. The zero-order valence-electron chi connectivity index (χ0n) is 17.9. The van der Waals surface area contributed by atoms with Gasteiger partial charge in [-0.2, -0.15) is 5.26 Å². The van der Waals surface area contributed by atoms with Crippen molar-refractivity contribution >= 4 is 23.4 Å². The minimum absolute atomic E-state index is 0.259. The summed E-state index contributed by atoms with van der Waals surface area (Å²) in [5, 5.41) is 17.1. The zero-order chi connectivity index (χ0) is 22.5. The number of dihydropyridines is 1. The van der Waals surface area contributed by atoms with Crippen LogP contribution >= 0.6 is 11.8 Å². The van der Waals surface area contributed by atoms with E-state index in [1.165, 1.54) is 0 Å². The molecular weight excluding hydrogens is 418 g/mol. The highest BCUT2D eigenvalue weighted by Gasteiger charge is 2.36. The minimum atomic E-state index is -0.585. The Labute approximate surface area is 191 Å². The molecular formula is C26H23N3O2S. The van der Waals surface area contributed by atoms with E-state index < -0.39 is 5.92 Å². The number of rotatable bonds is 6. The summed E-state index contributed by atoms with van der Waals surface area (Å²) in [7, 11) is 0. The monoisotopic (exact) mass is 441 g/mol. The summed E-state index contributed by atoms with van der Waals surface area (Å²) in [6.07, 6.45) is 1.56. The van der Waals surface area contributed by atoms with Gasteiger partial charge in [0.15, 0.2) is 0 Å². The van der Waals surface area contributed by atoms with Gasteiger partial charge in [0.1, 0.15) is 5.76 Å². The molecule has 6 heteroatoms. The summed E-state index contributed by atoms with van der Waals surface area (Å²) in [6, 6.07) is 23.6. The fourth-order valence-corrected chi connectivity index (χ4v) is 4.75. The Morgan fingerprint density at radius 3 is 2.53 bits per heavy atom. The van der Waals surface area contributed by atoms with Crippen LogP contribution in [-0.2, 0) is 10.5 Å². The van der Waals surface area contributed by atoms with Gasteiger partial charge in [-0.25, -0.2) is 0 Å². The number of carbonyl (C=O) groups excluding carboxylic acids is 1. The number of nitriles is 1. The molecule has 0 fully saturated rings. The Morgan fingerprint density at radius 2 is 1.84 bits per heavy atom. The van der Waals surface area contributed by atoms with Crippen molar-refractivity contribution in [1.82, 2.24) is 5.32 Å². The van der Waals surface area contributed by atoms with Gasteiger partial charge in [-0.1, -0.05) is 48.5 Å². The normalized spacial score (nSPS) is 15.8. The van der Waals surface area contributed by atoms with Crippen LogP contribution in [0.2, 0.25) is 0 Å². The summed E-state index contributed by atoms with van der Waals surface area (Å²) in [4.78, 5) is 13.4. The topological polar surface area (TPSA) is 78.1 Å². The highest BCUT2D eigenvalue weighted by atomic mass is 32.2. The number of hydrogen-bond acceptors (Lipinski definition) is 5. The highest BCUT2D eigenvalue weighted by molar-refractivity contribution is 8.02. The standard InChI is InChI=1S/C26H23N3O2S/c1-17-9-6-7-12-21(17)29-25(30)23-18(2)28-26(32-16-19-10-4-3-5-11-19)20(15-27)24(23)22-13-8-14-31-22/h3-14,24,28H,16H2,1-2H3,(H,29,30). The van der Waals surface area contributed by atoms with Gasteiger partial charge in [0.05, 0.1) is 34.4 Å². The first kappa shape index (κ1) is 21.5. The Hall–Kier alpha value is -3.69. The molecule has 0 aliphatic carbocycles. The summed E-state index contributed by atoms with van der Waals surface area (Å²) < 4.78 is 5.68. The van der Waals surface area contributed by atoms with Crippen LogP contribution in [0.15, 0.2) is 99.3 Å². The van der Waals surface area contributed by atoms with Crippen molar-refractivity contribution < 1.29 is 9.21 Å². The van der Waals surface area contributed by atoms with E-state index in [1.54, 1.807) is 30.2 Å². The van der Waals surface area contributed by atoms with Gasteiger partial charge in [0.25, 0.3) is 5.91 Å². The quantitative estimate of drug-likeness (QED) is 0.501. The molecule has 0 radical (unpaired) electrons. The molecule has 5 nitrogen and oxygen atoms in total. The van der Waals surface area contributed by atoms with Gasteiger partial charge >= 0.3 is 0 Å². The summed E-state index contributed by atoms with van der Waals surface area (Å²) in [5.41, 5.74) is 4.51. The van der Waals surface area contributed by atoms with Gasteiger partial charge in [-0.05, 0) is 43.2 Å². The number of amides is 1. The molecule has 32 heavy (non-hydrogen) atoms. The first-order valence-electron chi connectivity index (χ1n) is 10.3. The third kappa shape index (κ3) is 4.48. The number of carbonyl (C=O) groups is 1. The minimum Gasteiger partial charge on any atom is -0.468 e. The molecule has 0 saturated carbocycles. The van der Waals surface area contributed by atoms with Crippen molar-refractivity contribution in [3.63, 3.8) is 0 Å². The Bertz CT molecular complexity index is 1220. The predicted octanol–water partition coefficient (Wildman–Crippen LogP) is 5.86. The molecule has 1 atom stereocenters. The lowest BCUT2D eigenvalue weighted by Gasteiger charge is -2.28.